The summed E-state index contributed by atoms with van der Waals surface area (Å²) in [7, 11) is 1.96. The van der Waals surface area contributed by atoms with Crippen LogP contribution in [0.3, 0.4) is 0 Å². The van der Waals surface area contributed by atoms with Crippen LogP contribution in [-0.2, 0) is 0 Å². The monoisotopic (exact) mass is 142 g/mol. The molecule has 1 fully saturated rings. The third-order valence-corrected chi connectivity index (χ3v) is 2.82. The highest BCUT2D eigenvalue weighted by Gasteiger charge is 2.31. The Morgan fingerprint density at radius 1 is 1.50 bits per heavy atom. The number of nitrogens with one attached hydrogen (secondary N) is 1. The molecule has 1 saturated carbocycles. The van der Waals surface area contributed by atoms with Gasteiger partial charge >= 0.3 is 0 Å². The van der Waals surface area contributed by atoms with E-state index in [1.807, 2.05) is 7.05 Å². The van der Waals surface area contributed by atoms with Gasteiger partial charge in [0.1, 0.15) is 0 Å². The third kappa shape index (κ3) is 1.32. The van der Waals surface area contributed by atoms with E-state index in [9.17, 15) is 0 Å². The predicted molar refractivity (Wildman–Crippen MR) is 43.6 cm³/mol. The average molecular weight is 142 g/mol. The zero-order valence-corrected chi connectivity index (χ0v) is 6.98. The molecule has 1 aliphatic rings. The van der Waals surface area contributed by atoms with Crippen molar-refractivity contribution in [3.8, 4) is 0 Å². The maximum absolute atomic E-state index is 6.09. The Hall–Kier alpha value is -0.0800. The van der Waals surface area contributed by atoms with E-state index in [1.165, 1.54) is 19.3 Å². The van der Waals surface area contributed by atoms with Crippen molar-refractivity contribution >= 4 is 0 Å². The lowest BCUT2D eigenvalue weighted by atomic mass is 9.81. The van der Waals surface area contributed by atoms with Gasteiger partial charge in [-0.25, -0.2) is 0 Å². The molecule has 0 aliphatic heterocycles. The van der Waals surface area contributed by atoms with E-state index in [0.29, 0.717) is 5.92 Å². The van der Waals surface area contributed by atoms with Gasteiger partial charge in [-0.3, -0.25) is 0 Å². The van der Waals surface area contributed by atoms with E-state index in [2.05, 4.69) is 12.2 Å². The fourth-order valence-corrected chi connectivity index (χ4v) is 1.74. The van der Waals surface area contributed by atoms with Gasteiger partial charge in [-0.1, -0.05) is 19.8 Å². The highest BCUT2D eigenvalue weighted by atomic mass is 15.1. The van der Waals surface area contributed by atoms with Crippen molar-refractivity contribution in [2.45, 2.75) is 38.3 Å². The molecule has 2 atom stereocenters. The van der Waals surface area contributed by atoms with Crippen molar-refractivity contribution in [1.29, 1.82) is 0 Å². The SMILES string of the molecule is CNC1(N)CCCCC1C. The quantitative estimate of drug-likeness (QED) is 0.537. The highest BCUT2D eigenvalue weighted by molar-refractivity contribution is 4.88. The first-order valence-electron chi connectivity index (χ1n) is 4.17. The predicted octanol–water partition coefficient (Wildman–Crippen LogP) is 1.07. The maximum atomic E-state index is 6.09. The molecule has 0 aromatic heterocycles. The van der Waals surface area contributed by atoms with Crippen molar-refractivity contribution in [2.24, 2.45) is 11.7 Å². The summed E-state index contributed by atoms with van der Waals surface area (Å²) in [6.07, 6.45) is 5.03. The van der Waals surface area contributed by atoms with E-state index >= 15 is 0 Å². The van der Waals surface area contributed by atoms with Crippen LogP contribution < -0.4 is 11.1 Å². The summed E-state index contributed by atoms with van der Waals surface area (Å²) in [6.45, 7) is 2.23. The Kier molecular flexibility index (Phi) is 2.32. The summed E-state index contributed by atoms with van der Waals surface area (Å²) in [5.41, 5.74) is 6.02. The normalized spacial score (nSPS) is 41.7. The first kappa shape index (κ1) is 8.02. The number of rotatable bonds is 1. The van der Waals surface area contributed by atoms with Crippen LogP contribution in [0.5, 0.6) is 0 Å². The molecule has 0 bridgehead atoms. The van der Waals surface area contributed by atoms with Crippen LogP contribution in [0.4, 0.5) is 0 Å². The summed E-state index contributed by atoms with van der Waals surface area (Å²) < 4.78 is 0. The van der Waals surface area contributed by atoms with Gasteiger partial charge in [-0.2, -0.15) is 0 Å². The second kappa shape index (κ2) is 2.89. The number of hydrogen-bond donors (Lipinski definition) is 2. The lowest BCUT2D eigenvalue weighted by Gasteiger charge is -2.39. The van der Waals surface area contributed by atoms with Crippen LogP contribution in [0.15, 0.2) is 0 Å². The Balaban J connectivity index is 2.54. The largest absolute Gasteiger partial charge is 0.313 e. The van der Waals surface area contributed by atoms with E-state index in [0.717, 1.165) is 6.42 Å². The minimum Gasteiger partial charge on any atom is -0.313 e. The fraction of sp³-hybridized carbons (Fsp3) is 1.00. The third-order valence-electron chi connectivity index (χ3n) is 2.82. The molecule has 1 rings (SSSR count). The van der Waals surface area contributed by atoms with Gasteiger partial charge in [-0.05, 0) is 25.8 Å². The van der Waals surface area contributed by atoms with Gasteiger partial charge in [0.2, 0.25) is 0 Å². The summed E-state index contributed by atoms with van der Waals surface area (Å²) >= 11 is 0. The van der Waals surface area contributed by atoms with E-state index < -0.39 is 0 Å². The summed E-state index contributed by atoms with van der Waals surface area (Å²) in [5, 5.41) is 3.21. The van der Waals surface area contributed by atoms with Gasteiger partial charge in [-0.15, -0.1) is 0 Å². The highest BCUT2D eigenvalue weighted by Crippen LogP contribution is 2.28. The number of hydrogen-bond acceptors (Lipinski definition) is 2. The molecule has 60 valence electrons. The summed E-state index contributed by atoms with van der Waals surface area (Å²) in [4.78, 5) is 0. The van der Waals surface area contributed by atoms with Crippen LogP contribution >= 0.6 is 0 Å². The van der Waals surface area contributed by atoms with Crippen LogP contribution in [0.1, 0.15) is 32.6 Å². The molecule has 0 spiro atoms. The zero-order valence-electron chi connectivity index (χ0n) is 6.98. The molecule has 0 amide bonds. The molecular formula is C8H18N2. The van der Waals surface area contributed by atoms with Crippen LogP contribution in [-0.4, -0.2) is 12.7 Å². The molecule has 2 nitrogen and oxygen atoms in total. The van der Waals surface area contributed by atoms with E-state index in [1.54, 1.807) is 0 Å². The van der Waals surface area contributed by atoms with Gasteiger partial charge < -0.3 is 11.1 Å². The molecule has 0 aromatic carbocycles. The van der Waals surface area contributed by atoms with Gasteiger partial charge in [0.25, 0.3) is 0 Å². The molecule has 2 unspecified atom stereocenters. The molecular weight excluding hydrogens is 124 g/mol. The minimum atomic E-state index is -0.0712. The first-order valence-corrected chi connectivity index (χ1v) is 4.17. The first-order chi connectivity index (χ1) is 4.69. The van der Waals surface area contributed by atoms with Crippen molar-refractivity contribution in [1.82, 2.24) is 5.32 Å². The molecule has 0 saturated heterocycles. The van der Waals surface area contributed by atoms with Gasteiger partial charge in [0, 0.05) is 0 Å². The van der Waals surface area contributed by atoms with Gasteiger partial charge in [0.05, 0.1) is 5.66 Å². The summed E-state index contributed by atoms with van der Waals surface area (Å²) in [5.74, 6) is 0.631. The van der Waals surface area contributed by atoms with Crippen molar-refractivity contribution < 1.29 is 0 Å². The van der Waals surface area contributed by atoms with Crippen LogP contribution in [0.2, 0.25) is 0 Å². The molecule has 0 radical (unpaired) electrons. The number of nitrogens with two attached hydrogens (primary N) is 1. The molecule has 1 aliphatic carbocycles. The second-order valence-corrected chi connectivity index (χ2v) is 3.44. The standard InChI is InChI=1S/C8H18N2/c1-7-5-3-4-6-8(7,9)10-2/h7,10H,3-6,9H2,1-2H3. The lowest BCUT2D eigenvalue weighted by Crippen LogP contribution is -2.57. The minimum absolute atomic E-state index is 0.0712. The van der Waals surface area contributed by atoms with E-state index in [4.69, 9.17) is 5.73 Å². The van der Waals surface area contributed by atoms with Crippen LogP contribution in [0, 0.1) is 5.92 Å². The lowest BCUT2D eigenvalue weighted by molar-refractivity contribution is 0.172. The van der Waals surface area contributed by atoms with Crippen molar-refractivity contribution in [3.63, 3.8) is 0 Å². The van der Waals surface area contributed by atoms with Crippen LogP contribution in [0.25, 0.3) is 0 Å². The smallest absolute Gasteiger partial charge is 0.0685 e. The second-order valence-electron chi connectivity index (χ2n) is 3.44. The Bertz CT molecular complexity index is 114. The Labute approximate surface area is 63.2 Å². The average Bonchev–Trinajstić information content (AvgIpc) is 1.96. The maximum Gasteiger partial charge on any atom is 0.0685 e. The molecule has 3 N–H and O–H groups in total. The fourth-order valence-electron chi connectivity index (χ4n) is 1.74. The summed E-state index contributed by atoms with van der Waals surface area (Å²) in [6, 6.07) is 0. The van der Waals surface area contributed by atoms with Crippen molar-refractivity contribution in [2.75, 3.05) is 7.05 Å². The topological polar surface area (TPSA) is 38.0 Å². The molecule has 0 heterocycles. The Morgan fingerprint density at radius 2 is 2.20 bits per heavy atom. The van der Waals surface area contributed by atoms with E-state index in [-0.39, 0.29) is 5.66 Å². The molecule has 2 heteroatoms. The molecule has 10 heavy (non-hydrogen) atoms. The molecule has 0 aromatic rings. The van der Waals surface area contributed by atoms with Gasteiger partial charge in [0.15, 0.2) is 0 Å². The van der Waals surface area contributed by atoms with Crippen molar-refractivity contribution in [3.05, 3.63) is 0 Å². The Morgan fingerprint density at radius 3 is 2.60 bits per heavy atom. The zero-order chi connectivity index (χ0) is 7.61.